The molecule has 0 aromatic heterocycles. The zero-order valence-corrected chi connectivity index (χ0v) is 19.6. The Kier molecular flexibility index (Phi) is 4.73. The van der Waals surface area contributed by atoms with Crippen molar-refractivity contribution in [3.8, 4) is 0 Å². The number of piperidine rings is 1. The van der Waals surface area contributed by atoms with Gasteiger partial charge >= 0.3 is 0 Å². The molecule has 1 atom stereocenters. The summed E-state index contributed by atoms with van der Waals surface area (Å²) in [6.07, 6.45) is 9.62. The summed E-state index contributed by atoms with van der Waals surface area (Å²) in [4.78, 5) is 15.5. The number of carbonyl (C=O) groups excluding carboxylic acids is 1. The third-order valence-electron chi connectivity index (χ3n) is 9.14. The highest BCUT2D eigenvalue weighted by atomic mass is 32.2. The van der Waals surface area contributed by atoms with Gasteiger partial charge < -0.3 is 10.2 Å². The van der Waals surface area contributed by atoms with Crippen LogP contribution in [-0.2, 0) is 14.8 Å². The lowest BCUT2D eigenvalue weighted by molar-refractivity contribution is -0.130. The first-order valence-corrected chi connectivity index (χ1v) is 13.8. The van der Waals surface area contributed by atoms with E-state index in [2.05, 4.69) is 16.6 Å². The highest BCUT2D eigenvalue weighted by molar-refractivity contribution is 7.90. The average molecular weight is 456 g/mol. The second-order valence-corrected chi connectivity index (χ2v) is 12.7. The highest BCUT2D eigenvalue weighted by Gasteiger charge is 2.53. The Balaban J connectivity index is 1.09. The predicted molar refractivity (Wildman–Crippen MR) is 123 cm³/mol. The molecule has 32 heavy (non-hydrogen) atoms. The lowest BCUT2D eigenvalue weighted by atomic mass is 9.48. The number of nitrogens with zero attached hydrogens (tertiary/aromatic N) is 2. The molecule has 2 heterocycles. The van der Waals surface area contributed by atoms with Gasteiger partial charge in [-0.2, -0.15) is 8.42 Å². The molecule has 7 rings (SSSR count). The molecular formula is C25H33N3O3S. The predicted octanol–water partition coefficient (Wildman–Crippen LogP) is 3.57. The maximum atomic E-state index is 13.2. The van der Waals surface area contributed by atoms with Crippen LogP contribution < -0.4 is 5.32 Å². The van der Waals surface area contributed by atoms with Crippen LogP contribution in [0.4, 0.5) is 0 Å². The van der Waals surface area contributed by atoms with Crippen LogP contribution in [0.1, 0.15) is 63.9 Å². The number of amidine groups is 1. The number of hydrogen-bond acceptors (Lipinski definition) is 4. The fourth-order valence-corrected chi connectivity index (χ4v) is 9.09. The minimum atomic E-state index is -3.61. The van der Waals surface area contributed by atoms with Crippen LogP contribution in [0.2, 0.25) is 0 Å². The summed E-state index contributed by atoms with van der Waals surface area (Å²) in [5.41, 5.74) is 1.01. The Morgan fingerprint density at radius 1 is 1.06 bits per heavy atom. The summed E-state index contributed by atoms with van der Waals surface area (Å²) in [5.74, 6) is 3.38. The second-order valence-electron chi connectivity index (χ2n) is 11.2. The zero-order valence-electron chi connectivity index (χ0n) is 18.8. The van der Waals surface area contributed by atoms with Crippen molar-refractivity contribution in [2.45, 2.75) is 69.2 Å². The number of fused-ring (bicyclic) bond motifs is 1. The molecule has 172 valence electrons. The number of rotatable bonds is 3. The molecule has 5 fully saturated rings. The summed E-state index contributed by atoms with van der Waals surface area (Å²) in [6.45, 7) is 3.56. The van der Waals surface area contributed by atoms with Gasteiger partial charge in [-0.05, 0) is 93.6 Å². The van der Waals surface area contributed by atoms with E-state index in [1.807, 2.05) is 17.0 Å². The van der Waals surface area contributed by atoms with E-state index < -0.39 is 10.0 Å². The Hall–Kier alpha value is -1.89. The van der Waals surface area contributed by atoms with Gasteiger partial charge in [-0.3, -0.25) is 4.79 Å². The van der Waals surface area contributed by atoms with Crippen molar-refractivity contribution in [1.29, 1.82) is 0 Å². The van der Waals surface area contributed by atoms with Crippen molar-refractivity contribution < 1.29 is 13.2 Å². The van der Waals surface area contributed by atoms with Gasteiger partial charge in [0.25, 0.3) is 10.0 Å². The van der Waals surface area contributed by atoms with E-state index in [1.54, 1.807) is 12.1 Å². The average Bonchev–Trinajstić information content (AvgIpc) is 3.04. The summed E-state index contributed by atoms with van der Waals surface area (Å²) >= 11 is 0. The van der Waals surface area contributed by atoms with Crippen LogP contribution >= 0.6 is 0 Å². The number of sulfonamides is 1. The Morgan fingerprint density at radius 3 is 2.28 bits per heavy atom. The SMILES string of the molecule is CC(NC(=O)C1CCN(C2=NS(=O)(=O)c3ccccc32)CC1)C12CC3CC(CC(C3)C1)C2. The summed E-state index contributed by atoms with van der Waals surface area (Å²) in [7, 11) is -3.61. The topological polar surface area (TPSA) is 78.8 Å². The quantitative estimate of drug-likeness (QED) is 0.756. The maximum absolute atomic E-state index is 13.2. The first-order valence-electron chi connectivity index (χ1n) is 12.3. The smallest absolute Gasteiger partial charge is 0.285 e. The zero-order chi connectivity index (χ0) is 22.1. The number of nitrogens with one attached hydrogen (secondary N) is 1. The molecule has 1 amide bonds. The number of benzene rings is 1. The number of carbonyl (C=O) groups is 1. The van der Waals surface area contributed by atoms with Crippen molar-refractivity contribution in [1.82, 2.24) is 10.2 Å². The van der Waals surface area contributed by atoms with E-state index in [-0.39, 0.29) is 17.9 Å². The van der Waals surface area contributed by atoms with E-state index in [9.17, 15) is 13.2 Å². The van der Waals surface area contributed by atoms with Crippen LogP contribution in [0.3, 0.4) is 0 Å². The van der Waals surface area contributed by atoms with Crippen LogP contribution in [0, 0.1) is 29.1 Å². The van der Waals surface area contributed by atoms with Gasteiger partial charge in [-0.1, -0.05) is 12.1 Å². The molecule has 6 nitrogen and oxygen atoms in total. The third kappa shape index (κ3) is 3.30. The highest BCUT2D eigenvalue weighted by Crippen LogP contribution is 2.61. The molecule has 7 heteroatoms. The normalized spacial score (nSPS) is 36.0. The molecular weight excluding hydrogens is 422 g/mol. The molecule has 4 bridgehead atoms. The summed E-state index contributed by atoms with van der Waals surface area (Å²) in [5, 5.41) is 3.44. The Bertz CT molecular complexity index is 1040. The molecule has 0 radical (unpaired) electrons. The molecule has 4 aliphatic carbocycles. The van der Waals surface area contributed by atoms with Gasteiger partial charge in [0.1, 0.15) is 4.90 Å². The molecule has 1 unspecified atom stereocenters. The van der Waals surface area contributed by atoms with Gasteiger partial charge in [0.15, 0.2) is 5.84 Å². The molecule has 4 saturated carbocycles. The standard InChI is InChI=1S/C25H33N3O3S/c1-16(25-13-17-10-18(14-25)12-19(11-17)15-25)26-24(29)20-6-8-28(9-7-20)23-21-4-2-3-5-22(21)32(30,31)27-23/h2-5,16-20H,6-15H2,1H3,(H,26,29). The molecule has 0 spiro atoms. The van der Waals surface area contributed by atoms with E-state index in [1.165, 1.54) is 38.5 Å². The molecule has 1 N–H and O–H groups in total. The first-order chi connectivity index (χ1) is 15.3. The van der Waals surface area contributed by atoms with Gasteiger partial charge in [0, 0.05) is 30.6 Å². The van der Waals surface area contributed by atoms with Gasteiger partial charge in [0.05, 0.1) is 0 Å². The Labute approximate surface area is 190 Å². The van der Waals surface area contributed by atoms with E-state index in [0.717, 1.165) is 30.6 Å². The first kappa shape index (κ1) is 20.7. The fourth-order valence-electron chi connectivity index (χ4n) is 7.86. The lowest BCUT2D eigenvalue weighted by Crippen LogP contribution is -2.56. The van der Waals surface area contributed by atoms with E-state index >= 15 is 0 Å². The van der Waals surface area contributed by atoms with Gasteiger partial charge in [0.2, 0.25) is 5.91 Å². The van der Waals surface area contributed by atoms with Crippen LogP contribution in [0.15, 0.2) is 33.6 Å². The number of hydrogen-bond donors (Lipinski definition) is 1. The van der Waals surface area contributed by atoms with Crippen molar-refractivity contribution >= 4 is 21.8 Å². The van der Waals surface area contributed by atoms with Crippen molar-refractivity contribution in [2.24, 2.45) is 33.5 Å². The second kappa shape index (κ2) is 7.31. The largest absolute Gasteiger partial charge is 0.355 e. The molecule has 6 aliphatic rings. The van der Waals surface area contributed by atoms with Crippen LogP contribution in [0.25, 0.3) is 0 Å². The van der Waals surface area contributed by atoms with Gasteiger partial charge in [-0.25, -0.2) is 0 Å². The lowest BCUT2D eigenvalue weighted by Gasteiger charge is -2.59. The Morgan fingerprint density at radius 2 is 1.66 bits per heavy atom. The minimum Gasteiger partial charge on any atom is -0.355 e. The molecule has 1 aromatic rings. The summed E-state index contributed by atoms with van der Waals surface area (Å²) in [6, 6.07) is 7.27. The van der Waals surface area contributed by atoms with Crippen molar-refractivity contribution in [3.05, 3.63) is 29.8 Å². The van der Waals surface area contributed by atoms with Crippen LogP contribution in [-0.4, -0.2) is 44.2 Å². The van der Waals surface area contributed by atoms with E-state index in [4.69, 9.17) is 0 Å². The van der Waals surface area contributed by atoms with E-state index in [0.29, 0.717) is 34.8 Å². The minimum absolute atomic E-state index is 0.00327. The van der Waals surface area contributed by atoms with Crippen molar-refractivity contribution in [3.63, 3.8) is 0 Å². The number of amides is 1. The summed E-state index contributed by atoms with van der Waals surface area (Å²) < 4.78 is 28.8. The third-order valence-corrected chi connectivity index (χ3v) is 10.5. The molecule has 1 saturated heterocycles. The van der Waals surface area contributed by atoms with Gasteiger partial charge in [-0.15, -0.1) is 4.40 Å². The maximum Gasteiger partial charge on any atom is 0.285 e. The monoisotopic (exact) mass is 455 g/mol. The van der Waals surface area contributed by atoms with Crippen molar-refractivity contribution in [2.75, 3.05) is 13.1 Å². The van der Waals surface area contributed by atoms with Crippen LogP contribution in [0.5, 0.6) is 0 Å². The fraction of sp³-hybridized carbons (Fsp3) is 0.680. The molecule has 2 aliphatic heterocycles. The molecule has 1 aromatic carbocycles. The number of likely N-dealkylation sites (tertiary alicyclic amines) is 1.